The van der Waals surface area contributed by atoms with E-state index >= 15 is 0 Å². The Morgan fingerprint density at radius 2 is 1.61 bits per heavy atom. The lowest BCUT2D eigenvalue weighted by molar-refractivity contribution is 0.0937. The summed E-state index contributed by atoms with van der Waals surface area (Å²) in [7, 11) is -1.66. The molecule has 4 aromatic rings. The van der Waals surface area contributed by atoms with Crippen LogP contribution in [0.2, 0.25) is 0 Å². The van der Waals surface area contributed by atoms with Crippen LogP contribution in [0.5, 0.6) is 0 Å². The van der Waals surface area contributed by atoms with Gasteiger partial charge in [0.15, 0.2) is 0 Å². The number of rotatable bonds is 5. The van der Waals surface area contributed by atoms with Crippen molar-refractivity contribution < 1.29 is 18.2 Å². The lowest BCUT2D eigenvalue weighted by Gasteiger charge is -2.24. The van der Waals surface area contributed by atoms with E-state index in [2.05, 4.69) is 5.32 Å². The molecule has 5 rings (SSSR count). The molecule has 5 nitrogen and oxygen atoms in total. The molecule has 0 bridgehead atoms. The highest BCUT2D eigenvalue weighted by molar-refractivity contribution is 7.85. The van der Waals surface area contributed by atoms with Crippen molar-refractivity contribution in [3.05, 3.63) is 125 Å². The monoisotopic (exact) mass is 498 g/mol. The van der Waals surface area contributed by atoms with Crippen molar-refractivity contribution in [1.82, 2.24) is 5.32 Å². The second-order valence-corrected chi connectivity index (χ2v) is 9.95. The summed E-state index contributed by atoms with van der Waals surface area (Å²) in [5.41, 5.74) is 2.18. The predicted molar refractivity (Wildman–Crippen MR) is 137 cm³/mol. The van der Waals surface area contributed by atoms with Gasteiger partial charge in [-0.2, -0.15) is 0 Å². The minimum Gasteiger partial charge on any atom is -0.346 e. The predicted octanol–water partition coefficient (Wildman–Crippen LogP) is 5.64. The van der Waals surface area contributed by atoms with Gasteiger partial charge in [0.2, 0.25) is 0 Å². The van der Waals surface area contributed by atoms with E-state index in [4.69, 9.17) is 0 Å². The van der Waals surface area contributed by atoms with Crippen molar-refractivity contribution in [1.29, 1.82) is 0 Å². The largest absolute Gasteiger partial charge is 0.346 e. The smallest absolute Gasteiger partial charge is 0.259 e. The van der Waals surface area contributed by atoms with Crippen LogP contribution in [0.25, 0.3) is 0 Å². The van der Waals surface area contributed by atoms with Crippen molar-refractivity contribution in [2.24, 2.45) is 0 Å². The number of nitrogens with zero attached hydrogens (tertiary/aromatic N) is 1. The van der Waals surface area contributed by atoms with Gasteiger partial charge in [0, 0.05) is 11.1 Å². The molecule has 1 aliphatic rings. The van der Waals surface area contributed by atoms with Crippen molar-refractivity contribution >= 4 is 28.3 Å². The highest BCUT2D eigenvalue weighted by Crippen LogP contribution is 2.36. The standard InChI is InChI=1S/C29H23FN2O3S/c1-19(20-9-3-2-4-10-20)31-28(33)21-15-16-27-25(17-21)32(18-22-11-5-7-13-24(22)30)29(34)23-12-6-8-14-26(23)36(27)35/h2-17,19H,18H2,1H3,(H,31,33)/t19-,36-/m0/s1. The van der Waals surface area contributed by atoms with Crippen LogP contribution in [0, 0.1) is 5.82 Å². The van der Waals surface area contributed by atoms with E-state index in [-0.39, 0.29) is 24.1 Å². The lowest BCUT2D eigenvalue weighted by Crippen LogP contribution is -2.31. The van der Waals surface area contributed by atoms with Crippen molar-refractivity contribution in [2.45, 2.75) is 29.3 Å². The average Bonchev–Trinajstić information content (AvgIpc) is 2.99. The van der Waals surface area contributed by atoms with Gasteiger partial charge in [-0.1, -0.05) is 60.7 Å². The molecule has 4 aromatic carbocycles. The molecule has 0 radical (unpaired) electrons. The quantitative estimate of drug-likeness (QED) is 0.387. The van der Waals surface area contributed by atoms with Crippen LogP contribution in [-0.2, 0) is 17.3 Å². The third-order valence-electron chi connectivity index (χ3n) is 6.21. The Hall–Kier alpha value is -4.10. The molecule has 0 saturated carbocycles. The van der Waals surface area contributed by atoms with Gasteiger partial charge in [0.05, 0.1) is 44.4 Å². The van der Waals surface area contributed by atoms with E-state index in [0.717, 1.165) is 5.56 Å². The van der Waals surface area contributed by atoms with Crippen LogP contribution in [0.4, 0.5) is 10.1 Å². The minimum atomic E-state index is -1.66. The zero-order chi connectivity index (χ0) is 25.2. The molecular weight excluding hydrogens is 475 g/mol. The molecule has 1 heterocycles. The maximum atomic E-state index is 14.6. The summed E-state index contributed by atoms with van der Waals surface area (Å²) in [5, 5.41) is 2.97. The fraction of sp³-hybridized carbons (Fsp3) is 0.103. The van der Waals surface area contributed by atoms with Crippen LogP contribution in [0.15, 0.2) is 107 Å². The highest BCUT2D eigenvalue weighted by Gasteiger charge is 2.32. The van der Waals surface area contributed by atoms with Gasteiger partial charge in [-0.25, -0.2) is 8.60 Å². The maximum Gasteiger partial charge on any atom is 0.259 e. The van der Waals surface area contributed by atoms with E-state index in [1.807, 2.05) is 37.3 Å². The Kier molecular flexibility index (Phi) is 6.48. The summed E-state index contributed by atoms with van der Waals surface area (Å²) >= 11 is 0. The highest BCUT2D eigenvalue weighted by atomic mass is 32.2. The molecule has 0 saturated heterocycles. The van der Waals surface area contributed by atoms with Crippen molar-refractivity contribution in [2.75, 3.05) is 4.90 Å². The number of benzene rings is 4. The zero-order valence-corrected chi connectivity index (χ0v) is 20.3. The topological polar surface area (TPSA) is 66.5 Å². The summed E-state index contributed by atoms with van der Waals surface area (Å²) < 4.78 is 28.1. The van der Waals surface area contributed by atoms with E-state index < -0.39 is 22.5 Å². The SMILES string of the molecule is C[C@H](NC(=O)c1ccc2c(c1)N(Cc1ccccc1F)C(=O)c1ccccc1[S@@]2=O)c1ccccc1. The van der Waals surface area contributed by atoms with Crippen LogP contribution in [-0.4, -0.2) is 16.0 Å². The van der Waals surface area contributed by atoms with E-state index in [9.17, 15) is 18.2 Å². The van der Waals surface area contributed by atoms with E-state index in [1.165, 1.54) is 11.0 Å². The number of amides is 2. The van der Waals surface area contributed by atoms with Gasteiger partial charge < -0.3 is 10.2 Å². The van der Waals surface area contributed by atoms with Gasteiger partial charge in [0.25, 0.3) is 11.8 Å². The number of anilines is 1. The molecule has 36 heavy (non-hydrogen) atoms. The number of carbonyl (C=O) groups excluding carboxylic acids is 2. The first-order valence-corrected chi connectivity index (χ1v) is 12.6. The first-order valence-electron chi connectivity index (χ1n) is 11.5. The summed E-state index contributed by atoms with van der Waals surface area (Å²) in [6.07, 6.45) is 0. The molecule has 7 heteroatoms. The third kappa shape index (κ3) is 4.45. The molecule has 0 spiro atoms. The number of nitrogens with one attached hydrogen (secondary N) is 1. The van der Waals surface area contributed by atoms with Gasteiger partial charge in [-0.05, 0) is 48.9 Å². The van der Waals surface area contributed by atoms with Crippen LogP contribution in [0.1, 0.15) is 44.8 Å². The fourth-order valence-corrected chi connectivity index (χ4v) is 5.61. The maximum absolute atomic E-state index is 14.6. The van der Waals surface area contributed by atoms with E-state index in [0.29, 0.717) is 26.6 Å². The number of fused-ring (bicyclic) bond motifs is 2. The first-order chi connectivity index (χ1) is 17.4. The van der Waals surface area contributed by atoms with Gasteiger partial charge >= 0.3 is 0 Å². The van der Waals surface area contributed by atoms with Crippen molar-refractivity contribution in [3.63, 3.8) is 0 Å². The summed E-state index contributed by atoms with van der Waals surface area (Å²) in [5.74, 6) is -1.19. The third-order valence-corrected chi connectivity index (χ3v) is 7.71. The number of hydrogen-bond acceptors (Lipinski definition) is 3. The second-order valence-electron chi connectivity index (χ2n) is 8.54. The molecular formula is C29H23FN2O3S. The van der Waals surface area contributed by atoms with Crippen LogP contribution in [0.3, 0.4) is 0 Å². The molecule has 0 fully saturated rings. The number of hydrogen-bond donors (Lipinski definition) is 1. The molecule has 2 atom stereocenters. The Morgan fingerprint density at radius 3 is 2.39 bits per heavy atom. The zero-order valence-electron chi connectivity index (χ0n) is 19.5. The second kappa shape index (κ2) is 9.87. The van der Waals surface area contributed by atoms with Gasteiger partial charge in [0.1, 0.15) is 5.82 Å². The van der Waals surface area contributed by atoms with Gasteiger partial charge in [-0.15, -0.1) is 0 Å². The molecule has 1 N–H and O–H groups in total. The Balaban J connectivity index is 1.57. The summed E-state index contributed by atoms with van der Waals surface area (Å²) in [6.45, 7) is 1.81. The number of carbonyl (C=O) groups is 2. The van der Waals surface area contributed by atoms with Crippen LogP contribution < -0.4 is 10.2 Å². The minimum absolute atomic E-state index is 0.0739. The molecule has 1 aliphatic heterocycles. The molecule has 0 aliphatic carbocycles. The van der Waals surface area contributed by atoms with Crippen LogP contribution >= 0.6 is 0 Å². The van der Waals surface area contributed by atoms with Gasteiger partial charge in [-0.3, -0.25) is 9.59 Å². The normalized spacial score (nSPS) is 15.4. The number of halogens is 1. The molecule has 0 unspecified atom stereocenters. The molecule has 2 amide bonds. The molecule has 0 aromatic heterocycles. The summed E-state index contributed by atoms with van der Waals surface area (Å²) in [4.78, 5) is 29.0. The Morgan fingerprint density at radius 1 is 0.917 bits per heavy atom. The Bertz CT molecular complexity index is 1490. The Labute approximate surface area is 211 Å². The van der Waals surface area contributed by atoms with E-state index in [1.54, 1.807) is 60.7 Å². The lowest BCUT2D eigenvalue weighted by atomic mass is 10.1. The first kappa shape index (κ1) is 23.6. The molecule has 180 valence electrons. The van der Waals surface area contributed by atoms with Crippen molar-refractivity contribution in [3.8, 4) is 0 Å². The summed E-state index contributed by atoms with van der Waals surface area (Å²) in [6, 6.07) is 27.0. The fourth-order valence-electron chi connectivity index (χ4n) is 4.26. The average molecular weight is 499 g/mol.